The summed E-state index contributed by atoms with van der Waals surface area (Å²) in [5.74, 6) is -0.231. The number of hydrogen-bond acceptors (Lipinski definition) is 3. The summed E-state index contributed by atoms with van der Waals surface area (Å²) in [7, 11) is 0.441. The van der Waals surface area contributed by atoms with Crippen molar-refractivity contribution in [2.45, 2.75) is 64.0 Å². The highest BCUT2D eigenvalue weighted by Crippen LogP contribution is 2.39. The maximum Gasteiger partial charge on any atom is 0.303 e. The molecule has 4 nitrogen and oxygen atoms in total. The van der Waals surface area contributed by atoms with Crippen molar-refractivity contribution in [3.8, 4) is 0 Å². The Morgan fingerprint density at radius 2 is 2.05 bits per heavy atom. The fourth-order valence-corrected chi connectivity index (χ4v) is 3.57. The Balaban J connectivity index is 2.60. The first-order valence-corrected chi connectivity index (χ1v) is 8.65. The summed E-state index contributed by atoms with van der Waals surface area (Å²) in [5, 5.41) is 18.0. The minimum Gasteiger partial charge on any atom is -0.481 e. The van der Waals surface area contributed by atoms with Gasteiger partial charge in [0, 0.05) is 19.1 Å². The highest BCUT2D eigenvalue weighted by Gasteiger charge is 2.37. The molecule has 1 fully saturated rings. The summed E-state index contributed by atoms with van der Waals surface area (Å²) in [5.41, 5.74) is 0. The normalized spacial score (nSPS) is 26.6. The fourth-order valence-electron chi connectivity index (χ4n) is 2.78. The predicted octanol–water partition coefficient (Wildman–Crippen LogP) is 3.04. The van der Waals surface area contributed by atoms with Crippen LogP contribution in [0.1, 0.15) is 52.9 Å². The van der Waals surface area contributed by atoms with E-state index in [0.29, 0.717) is 16.2 Å². The van der Waals surface area contributed by atoms with Crippen LogP contribution in [0.25, 0.3) is 0 Å². The van der Waals surface area contributed by atoms with E-state index in [1.807, 2.05) is 6.08 Å². The highest BCUT2D eigenvalue weighted by molar-refractivity contribution is 6.31. The molecule has 1 aliphatic carbocycles. The van der Waals surface area contributed by atoms with Crippen LogP contribution < -0.4 is 0 Å². The minimum atomic E-state index is -0.719. The Bertz CT molecular complexity index is 349. The molecule has 2 N–H and O–H groups in total. The summed E-state index contributed by atoms with van der Waals surface area (Å²) in [6.45, 7) is 6.63. The van der Waals surface area contributed by atoms with Crippen LogP contribution in [0.4, 0.5) is 0 Å². The first-order chi connectivity index (χ1) is 9.83. The van der Waals surface area contributed by atoms with Crippen LogP contribution in [0, 0.1) is 11.8 Å². The van der Waals surface area contributed by atoms with Crippen molar-refractivity contribution in [3.63, 3.8) is 0 Å². The average molecular weight is 312 g/mol. The highest BCUT2D eigenvalue weighted by atomic mass is 28.2. The van der Waals surface area contributed by atoms with E-state index in [1.165, 1.54) is 0 Å². The second-order valence-corrected chi connectivity index (χ2v) is 8.77. The van der Waals surface area contributed by atoms with Crippen LogP contribution in [-0.2, 0) is 9.22 Å². The molecule has 1 aliphatic rings. The monoisotopic (exact) mass is 312 g/mol. The molecule has 0 unspecified atom stereocenters. The van der Waals surface area contributed by atoms with Gasteiger partial charge in [-0.15, -0.1) is 0 Å². The molecule has 0 heterocycles. The van der Waals surface area contributed by atoms with Gasteiger partial charge in [0.1, 0.15) is 0 Å². The van der Waals surface area contributed by atoms with Crippen LogP contribution in [0.15, 0.2) is 12.2 Å². The van der Waals surface area contributed by atoms with E-state index in [-0.39, 0.29) is 36.0 Å². The maximum atomic E-state index is 11.0. The number of rotatable bonds is 8. The van der Waals surface area contributed by atoms with Crippen molar-refractivity contribution in [2.75, 3.05) is 6.61 Å². The Morgan fingerprint density at radius 1 is 1.33 bits per heavy atom. The first-order valence-electron chi connectivity index (χ1n) is 7.74. The Labute approximate surface area is 130 Å². The Kier molecular flexibility index (Phi) is 7.63. The van der Waals surface area contributed by atoms with Gasteiger partial charge in [-0.1, -0.05) is 32.9 Å². The molecule has 1 rings (SSSR count). The summed E-state index contributed by atoms with van der Waals surface area (Å²) < 4.78 is 6.10. The summed E-state index contributed by atoms with van der Waals surface area (Å²) in [4.78, 5) is 11.0. The number of hydrogen-bond donors (Lipinski definition) is 2. The molecule has 120 valence electrons. The molecule has 0 spiro atoms. The Morgan fingerprint density at radius 3 is 2.62 bits per heavy atom. The fraction of sp³-hybridized carbons (Fsp3) is 0.812. The maximum absolute atomic E-state index is 11.0. The zero-order valence-corrected chi connectivity index (χ0v) is 14.3. The van der Waals surface area contributed by atoms with E-state index in [9.17, 15) is 4.79 Å². The van der Waals surface area contributed by atoms with Gasteiger partial charge in [-0.2, -0.15) is 0 Å². The lowest BCUT2D eigenvalue weighted by atomic mass is 9.89. The molecule has 0 aliphatic heterocycles. The second-order valence-electron chi connectivity index (χ2n) is 6.83. The minimum absolute atomic E-state index is 0.155. The SMILES string of the molecule is CC(C)(C)[Si]O[C@@H]1CC[C@H](CC(=O)O)[C@@H]1C/C=C\CCO. The molecule has 2 radical (unpaired) electrons. The smallest absolute Gasteiger partial charge is 0.303 e. The number of carboxylic acids is 1. The molecule has 1 saturated carbocycles. The van der Waals surface area contributed by atoms with Crippen LogP contribution in [0.3, 0.4) is 0 Å². The van der Waals surface area contributed by atoms with Crippen LogP contribution in [0.5, 0.6) is 0 Å². The molecule has 5 heteroatoms. The quantitative estimate of drug-likeness (QED) is 0.534. The second kappa shape index (κ2) is 8.71. The van der Waals surface area contributed by atoms with Crippen LogP contribution >= 0.6 is 0 Å². The van der Waals surface area contributed by atoms with Gasteiger partial charge in [0.2, 0.25) is 9.76 Å². The van der Waals surface area contributed by atoms with Gasteiger partial charge in [0.15, 0.2) is 0 Å². The van der Waals surface area contributed by atoms with Crippen molar-refractivity contribution in [1.82, 2.24) is 0 Å². The number of aliphatic hydroxyl groups is 1. The van der Waals surface area contributed by atoms with Gasteiger partial charge in [-0.3, -0.25) is 4.79 Å². The van der Waals surface area contributed by atoms with E-state index < -0.39 is 5.97 Å². The van der Waals surface area contributed by atoms with Crippen molar-refractivity contribution in [2.24, 2.45) is 11.8 Å². The third kappa shape index (κ3) is 7.25. The third-order valence-corrected chi connectivity index (χ3v) is 4.76. The lowest BCUT2D eigenvalue weighted by molar-refractivity contribution is -0.138. The summed E-state index contributed by atoms with van der Waals surface area (Å²) in [6.07, 6.45) is 7.84. The van der Waals surface area contributed by atoms with Crippen molar-refractivity contribution in [3.05, 3.63) is 12.2 Å². The third-order valence-electron chi connectivity index (χ3n) is 3.73. The Hall–Kier alpha value is -0.653. The molecule has 0 aromatic carbocycles. The summed E-state index contributed by atoms with van der Waals surface area (Å²) >= 11 is 0. The zero-order chi connectivity index (χ0) is 15.9. The van der Waals surface area contributed by atoms with Crippen molar-refractivity contribution < 1.29 is 19.4 Å². The standard InChI is InChI=1S/C16H28O4Si/c1-16(2,3)21-20-14-9-8-12(11-15(18)19)13(14)7-5-4-6-10-17/h4-5,12-14,17H,6-11H2,1-3H3,(H,18,19)/b5-4-/t12-,13+,14-/m1/s1. The van der Waals surface area contributed by atoms with Gasteiger partial charge in [0.05, 0.1) is 0 Å². The molecule has 0 bridgehead atoms. The molecule has 0 saturated heterocycles. The number of aliphatic hydroxyl groups excluding tert-OH is 1. The lowest BCUT2D eigenvalue weighted by Gasteiger charge is -2.26. The van der Waals surface area contributed by atoms with Crippen LogP contribution in [0.2, 0.25) is 5.04 Å². The van der Waals surface area contributed by atoms with E-state index in [0.717, 1.165) is 19.3 Å². The number of allylic oxidation sites excluding steroid dienone is 1. The largest absolute Gasteiger partial charge is 0.481 e. The van der Waals surface area contributed by atoms with E-state index >= 15 is 0 Å². The molecule has 0 aromatic rings. The molecule has 3 atom stereocenters. The van der Waals surface area contributed by atoms with Gasteiger partial charge in [-0.25, -0.2) is 0 Å². The number of carbonyl (C=O) groups is 1. The van der Waals surface area contributed by atoms with E-state index in [2.05, 4.69) is 26.8 Å². The average Bonchev–Trinajstić information content (AvgIpc) is 2.73. The van der Waals surface area contributed by atoms with Gasteiger partial charge in [0.25, 0.3) is 0 Å². The molecular weight excluding hydrogens is 284 g/mol. The molecule has 0 amide bonds. The van der Waals surface area contributed by atoms with Gasteiger partial charge >= 0.3 is 5.97 Å². The molecule has 0 aromatic heterocycles. The topological polar surface area (TPSA) is 66.8 Å². The van der Waals surface area contributed by atoms with Crippen molar-refractivity contribution >= 4 is 15.7 Å². The van der Waals surface area contributed by atoms with E-state index in [1.54, 1.807) is 0 Å². The zero-order valence-electron chi connectivity index (χ0n) is 13.3. The number of aliphatic carboxylic acids is 1. The van der Waals surface area contributed by atoms with Gasteiger partial charge in [-0.05, 0) is 42.6 Å². The first kappa shape index (κ1) is 18.4. The summed E-state index contributed by atoms with van der Waals surface area (Å²) in [6, 6.07) is 0. The number of carboxylic acid groups (broad SMARTS) is 1. The van der Waals surface area contributed by atoms with Crippen LogP contribution in [-0.4, -0.2) is 38.7 Å². The lowest BCUT2D eigenvalue weighted by Crippen LogP contribution is -2.27. The predicted molar refractivity (Wildman–Crippen MR) is 84.3 cm³/mol. The van der Waals surface area contributed by atoms with Gasteiger partial charge < -0.3 is 14.6 Å². The van der Waals surface area contributed by atoms with Crippen molar-refractivity contribution in [1.29, 1.82) is 0 Å². The molecule has 21 heavy (non-hydrogen) atoms. The van der Waals surface area contributed by atoms with E-state index in [4.69, 9.17) is 14.6 Å². The molecular formula is C16H28O4Si.